The summed E-state index contributed by atoms with van der Waals surface area (Å²) in [5.74, 6) is -7.81. The number of nitrogens with zero attached hydrogens (tertiary/aromatic N) is 1. The molecule has 0 aromatic heterocycles. The molecular formula is C13H10BrF7N2O4. The summed E-state index contributed by atoms with van der Waals surface area (Å²) < 4.78 is 97.5. The summed E-state index contributed by atoms with van der Waals surface area (Å²) in [5, 5.41) is 11.3. The maximum absolute atomic E-state index is 13.1. The zero-order valence-corrected chi connectivity index (χ0v) is 14.7. The molecule has 0 saturated heterocycles. The third-order valence-electron chi connectivity index (χ3n) is 2.76. The van der Waals surface area contributed by atoms with Gasteiger partial charge in [-0.3, -0.25) is 0 Å². The summed E-state index contributed by atoms with van der Waals surface area (Å²) in [6.45, 7) is -0.733. The summed E-state index contributed by atoms with van der Waals surface area (Å²) >= 11 is 2.98. The maximum Gasteiger partial charge on any atom is 0.462 e. The van der Waals surface area contributed by atoms with Gasteiger partial charge in [0.15, 0.2) is 18.1 Å². The van der Waals surface area contributed by atoms with Crippen LogP contribution >= 0.6 is 15.9 Å². The number of nitrogens with one attached hydrogen (secondary N) is 1. The zero-order chi connectivity index (χ0) is 21.0. The van der Waals surface area contributed by atoms with E-state index in [1.165, 1.54) is 0 Å². The van der Waals surface area contributed by atoms with Crippen molar-refractivity contribution in [1.29, 1.82) is 0 Å². The lowest BCUT2D eigenvalue weighted by molar-refractivity contribution is -0.361. The first-order valence-corrected chi connectivity index (χ1v) is 7.37. The third kappa shape index (κ3) is 5.37. The molecular weight excluding hydrogens is 461 g/mol. The largest absolute Gasteiger partial charge is 0.493 e. The van der Waals surface area contributed by atoms with Crippen molar-refractivity contribution < 1.29 is 50.1 Å². The smallest absolute Gasteiger partial charge is 0.462 e. The Morgan fingerprint density at radius 2 is 1.85 bits per heavy atom. The summed E-state index contributed by atoms with van der Waals surface area (Å²) in [6, 6.07) is -3.47. The predicted molar refractivity (Wildman–Crippen MR) is 80.5 cm³/mol. The topological polar surface area (TPSA) is 80.1 Å². The Labute approximate surface area is 155 Å². The van der Waals surface area contributed by atoms with E-state index in [1.807, 2.05) is 0 Å². The van der Waals surface area contributed by atoms with Gasteiger partial charge in [0.05, 0.1) is 17.8 Å². The van der Waals surface area contributed by atoms with E-state index in [9.17, 15) is 35.5 Å². The van der Waals surface area contributed by atoms with Gasteiger partial charge in [-0.15, -0.1) is 0 Å². The standard InChI is InChI=1S/C13H10BrF7N2O4/c1-26-8-3-6(2-7(14)10(8)27-5-9(24)25)4-22-23-13(20,21)11(15,16)12(17,18)19/h2-4,23H,5H2,1H3,(H,24,25)/b22-4+. The van der Waals surface area contributed by atoms with Crippen LogP contribution in [0.1, 0.15) is 5.56 Å². The number of carboxylic acid groups (broad SMARTS) is 1. The van der Waals surface area contributed by atoms with Crippen LogP contribution in [0.2, 0.25) is 0 Å². The van der Waals surface area contributed by atoms with E-state index in [0.29, 0.717) is 11.6 Å². The van der Waals surface area contributed by atoms with Gasteiger partial charge in [-0.25, -0.2) is 10.2 Å². The Morgan fingerprint density at radius 1 is 1.26 bits per heavy atom. The van der Waals surface area contributed by atoms with E-state index in [0.717, 1.165) is 19.2 Å². The van der Waals surface area contributed by atoms with Gasteiger partial charge in [-0.2, -0.15) is 35.8 Å². The van der Waals surface area contributed by atoms with E-state index in [2.05, 4.69) is 21.0 Å². The first kappa shape index (κ1) is 22.8. The summed E-state index contributed by atoms with van der Waals surface area (Å²) in [6.07, 6.45) is -5.97. The molecule has 0 saturated carbocycles. The number of hydrogen-bond donors (Lipinski definition) is 2. The molecule has 27 heavy (non-hydrogen) atoms. The number of rotatable bonds is 8. The number of carboxylic acids is 1. The summed E-state index contributed by atoms with van der Waals surface area (Å²) in [7, 11) is 1.16. The molecule has 1 aromatic carbocycles. The number of alkyl halides is 7. The van der Waals surface area contributed by atoms with Gasteiger partial charge < -0.3 is 14.6 Å². The lowest BCUT2D eigenvalue weighted by atomic mass is 10.2. The van der Waals surface area contributed by atoms with Crippen molar-refractivity contribution in [2.75, 3.05) is 13.7 Å². The molecule has 14 heteroatoms. The van der Waals surface area contributed by atoms with E-state index in [1.54, 1.807) is 0 Å². The van der Waals surface area contributed by atoms with E-state index in [4.69, 9.17) is 14.6 Å². The molecule has 0 bridgehead atoms. The molecule has 0 aliphatic rings. The van der Waals surface area contributed by atoms with Crippen LogP contribution in [-0.4, -0.2) is 49.2 Å². The Bertz CT molecular complexity index is 725. The number of benzene rings is 1. The highest BCUT2D eigenvalue weighted by Crippen LogP contribution is 2.45. The van der Waals surface area contributed by atoms with E-state index >= 15 is 0 Å². The minimum Gasteiger partial charge on any atom is -0.493 e. The zero-order valence-electron chi connectivity index (χ0n) is 13.1. The van der Waals surface area contributed by atoms with Crippen molar-refractivity contribution in [3.63, 3.8) is 0 Å². The summed E-state index contributed by atoms with van der Waals surface area (Å²) in [5.41, 5.74) is 0.398. The molecule has 152 valence electrons. The third-order valence-corrected chi connectivity index (χ3v) is 3.35. The second kappa shape index (κ2) is 8.19. The van der Waals surface area contributed by atoms with Crippen LogP contribution in [0.15, 0.2) is 21.7 Å². The molecule has 0 fully saturated rings. The Balaban J connectivity index is 3.02. The molecule has 6 nitrogen and oxygen atoms in total. The molecule has 0 heterocycles. The Hall–Kier alpha value is -2.25. The van der Waals surface area contributed by atoms with Gasteiger partial charge in [0.1, 0.15) is 0 Å². The van der Waals surface area contributed by atoms with Crippen LogP contribution in [0.25, 0.3) is 0 Å². The Morgan fingerprint density at radius 3 is 2.33 bits per heavy atom. The molecule has 1 aromatic rings. The maximum atomic E-state index is 13.1. The highest BCUT2D eigenvalue weighted by molar-refractivity contribution is 9.10. The van der Waals surface area contributed by atoms with E-state index in [-0.39, 0.29) is 21.5 Å². The van der Waals surface area contributed by atoms with Gasteiger partial charge in [0, 0.05) is 0 Å². The fourth-order valence-electron chi connectivity index (χ4n) is 1.52. The number of hydrazone groups is 1. The summed E-state index contributed by atoms with van der Waals surface area (Å²) in [4.78, 5) is 10.5. The van der Waals surface area contributed by atoms with Gasteiger partial charge in [-0.05, 0) is 33.6 Å². The van der Waals surface area contributed by atoms with Crippen molar-refractivity contribution in [2.24, 2.45) is 5.10 Å². The second-order valence-electron chi connectivity index (χ2n) is 4.73. The number of carbonyl (C=O) groups is 1. The predicted octanol–water partition coefficient (Wildman–Crippen LogP) is 3.64. The highest BCUT2D eigenvalue weighted by atomic mass is 79.9. The van der Waals surface area contributed by atoms with Crippen molar-refractivity contribution in [3.05, 3.63) is 22.2 Å². The second-order valence-corrected chi connectivity index (χ2v) is 5.59. The average Bonchev–Trinajstić information content (AvgIpc) is 2.51. The number of hydrogen-bond acceptors (Lipinski definition) is 5. The molecule has 0 radical (unpaired) electrons. The molecule has 1 rings (SSSR count). The first-order chi connectivity index (χ1) is 12.2. The molecule has 0 aliphatic carbocycles. The first-order valence-electron chi connectivity index (χ1n) is 6.57. The fourth-order valence-corrected chi connectivity index (χ4v) is 2.10. The van der Waals surface area contributed by atoms with Crippen LogP contribution in [-0.2, 0) is 4.79 Å². The van der Waals surface area contributed by atoms with Crippen LogP contribution < -0.4 is 14.9 Å². The van der Waals surface area contributed by atoms with Crippen molar-refractivity contribution in [1.82, 2.24) is 5.43 Å². The van der Waals surface area contributed by atoms with Crippen molar-refractivity contribution in [3.8, 4) is 11.5 Å². The van der Waals surface area contributed by atoms with Gasteiger partial charge in [0.2, 0.25) is 0 Å². The molecule has 0 aliphatic heterocycles. The minimum absolute atomic E-state index is 0.0694. The lowest BCUT2D eigenvalue weighted by Crippen LogP contribution is -2.58. The fraction of sp³-hybridized carbons (Fsp3) is 0.385. The number of aliphatic carboxylic acids is 1. The molecule has 0 atom stereocenters. The van der Waals surface area contributed by atoms with Crippen LogP contribution in [0, 0.1) is 0 Å². The van der Waals surface area contributed by atoms with Gasteiger partial charge >= 0.3 is 24.1 Å². The number of methoxy groups -OCH3 is 1. The molecule has 0 unspecified atom stereocenters. The van der Waals surface area contributed by atoms with Crippen LogP contribution in [0.4, 0.5) is 30.7 Å². The molecule has 0 amide bonds. The number of halogens is 8. The normalized spacial score (nSPS) is 12.9. The van der Waals surface area contributed by atoms with Gasteiger partial charge in [-0.1, -0.05) is 0 Å². The quantitative estimate of drug-likeness (QED) is 0.262. The Kier molecular flexibility index (Phi) is 6.91. The van der Waals surface area contributed by atoms with Gasteiger partial charge in [0.25, 0.3) is 0 Å². The van der Waals surface area contributed by atoms with Crippen molar-refractivity contribution >= 4 is 28.1 Å². The average molecular weight is 471 g/mol. The SMILES string of the molecule is COc1cc(/C=N/NC(F)(F)C(F)(F)C(F)(F)F)cc(Br)c1OCC(=O)O. The van der Waals surface area contributed by atoms with Crippen molar-refractivity contribution in [2.45, 2.75) is 18.1 Å². The number of ether oxygens (including phenoxy) is 2. The van der Waals surface area contributed by atoms with E-state index < -0.39 is 30.7 Å². The molecule has 2 N–H and O–H groups in total. The highest BCUT2D eigenvalue weighted by Gasteiger charge is 2.73. The molecule has 0 spiro atoms. The minimum atomic E-state index is -6.49. The lowest BCUT2D eigenvalue weighted by Gasteiger charge is -2.27. The van der Waals surface area contributed by atoms with Crippen LogP contribution in [0.3, 0.4) is 0 Å². The monoisotopic (exact) mass is 470 g/mol. The van der Waals surface area contributed by atoms with Crippen LogP contribution in [0.5, 0.6) is 11.5 Å².